The summed E-state index contributed by atoms with van der Waals surface area (Å²) in [6.07, 6.45) is 0.861. The second-order valence-electron chi connectivity index (χ2n) is 9.64. The number of fused-ring (bicyclic) bond motifs is 2. The van der Waals surface area contributed by atoms with Gasteiger partial charge in [0.05, 0.1) is 40.8 Å². The zero-order valence-corrected chi connectivity index (χ0v) is 22.6. The average Bonchev–Trinajstić information content (AvgIpc) is 3.59. The molecule has 1 aromatic heterocycles. The Morgan fingerprint density at radius 1 is 1.10 bits per heavy atom. The van der Waals surface area contributed by atoms with Crippen molar-refractivity contribution in [1.82, 2.24) is 14.5 Å². The molecule has 2 aliphatic heterocycles. The number of methoxy groups -OCH3 is 1. The van der Waals surface area contributed by atoms with Gasteiger partial charge in [0, 0.05) is 44.9 Å². The van der Waals surface area contributed by atoms with E-state index in [-0.39, 0.29) is 18.3 Å². The van der Waals surface area contributed by atoms with E-state index in [2.05, 4.69) is 14.8 Å². The van der Waals surface area contributed by atoms with Crippen molar-refractivity contribution in [2.24, 2.45) is 0 Å². The summed E-state index contributed by atoms with van der Waals surface area (Å²) in [4.78, 5) is 21.5. The first-order valence-electron chi connectivity index (χ1n) is 13.0. The third-order valence-corrected chi connectivity index (χ3v) is 7.35. The number of carbonyl (C=O) groups excluding carboxylic acids is 1. The first-order chi connectivity index (χ1) is 19.5. The topological polar surface area (TPSA) is 78.3 Å². The number of benzene rings is 3. The van der Waals surface area contributed by atoms with Gasteiger partial charge in [0.1, 0.15) is 12.5 Å². The highest BCUT2D eigenvalue weighted by atomic mass is 35.5. The van der Waals surface area contributed by atoms with Crippen molar-refractivity contribution < 1.29 is 28.1 Å². The maximum absolute atomic E-state index is 14.5. The molecule has 0 radical (unpaired) electrons. The lowest BCUT2D eigenvalue weighted by Gasteiger charge is -2.35. The SMILES string of the molecule is COCCn1cnc2ccc(C(=O)OCN3CCN(c4cccc5c4OC(c4ccc(Cl)cc4F)O5)CC3)cc21. The third kappa shape index (κ3) is 5.30. The van der Waals surface area contributed by atoms with Crippen molar-refractivity contribution >= 4 is 34.3 Å². The van der Waals surface area contributed by atoms with Crippen LogP contribution in [0.25, 0.3) is 11.0 Å². The van der Waals surface area contributed by atoms with Gasteiger partial charge in [-0.25, -0.2) is 14.2 Å². The summed E-state index contributed by atoms with van der Waals surface area (Å²) >= 11 is 5.89. The maximum atomic E-state index is 14.5. The number of rotatable bonds is 8. The summed E-state index contributed by atoms with van der Waals surface area (Å²) in [6, 6.07) is 15.5. The lowest BCUT2D eigenvalue weighted by Crippen LogP contribution is -2.47. The van der Waals surface area contributed by atoms with Crippen molar-refractivity contribution in [3.63, 3.8) is 0 Å². The lowest BCUT2D eigenvalue weighted by molar-refractivity contribution is 0.0203. The van der Waals surface area contributed by atoms with Crippen LogP contribution in [0.5, 0.6) is 11.5 Å². The van der Waals surface area contributed by atoms with E-state index in [4.69, 9.17) is 30.5 Å². The fraction of sp³-hybridized carbons (Fsp3) is 0.310. The van der Waals surface area contributed by atoms with Gasteiger partial charge in [-0.1, -0.05) is 17.7 Å². The second kappa shape index (κ2) is 11.3. The van der Waals surface area contributed by atoms with E-state index in [1.54, 1.807) is 37.7 Å². The standard InChI is InChI=1S/C29H28ClFN4O5/c1-37-14-13-35-17-32-23-8-5-19(15-25(23)35)28(36)38-18-33-9-11-34(12-10-33)24-3-2-4-26-27(24)40-29(39-26)21-7-6-20(30)16-22(21)31/h2-8,15-17,29H,9-14,18H2,1H3. The molecule has 0 saturated carbocycles. The summed E-state index contributed by atoms with van der Waals surface area (Å²) in [5.41, 5.74) is 3.33. The summed E-state index contributed by atoms with van der Waals surface area (Å²) < 4.78 is 39.2. The maximum Gasteiger partial charge on any atom is 0.339 e. The number of hydrogen-bond donors (Lipinski definition) is 0. The van der Waals surface area contributed by atoms with Crippen LogP contribution in [0.15, 0.2) is 60.9 Å². The molecule has 3 aromatic carbocycles. The zero-order valence-electron chi connectivity index (χ0n) is 21.9. The molecule has 1 saturated heterocycles. The van der Waals surface area contributed by atoms with Gasteiger partial charge < -0.3 is 28.4 Å². The summed E-state index contributed by atoms with van der Waals surface area (Å²) in [5.74, 6) is 0.290. The molecule has 3 heterocycles. The van der Waals surface area contributed by atoms with E-state index >= 15 is 0 Å². The van der Waals surface area contributed by atoms with Crippen molar-refractivity contribution in [2.75, 3.05) is 51.5 Å². The molecule has 0 amide bonds. The molecular formula is C29H28ClFN4O5. The fourth-order valence-electron chi connectivity index (χ4n) is 4.93. The van der Waals surface area contributed by atoms with Gasteiger partial charge in [0.2, 0.25) is 0 Å². The number of hydrogen-bond acceptors (Lipinski definition) is 8. The van der Waals surface area contributed by atoms with E-state index < -0.39 is 12.1 Å². The molecule has 1 atom stereocenters. The van der Waals surface area contributed by atoms with Gasteiger partial charge in [0.25, 0.3) is 6.29 Å². The minimum absolute atomic E-state index is 0.193. The molecule has 0 N–H and O–H groups in total. The van der Waals surface area contributed by atoms with Crippen LogP contribution in [0.3, 0.4) is 0 Å². The average molecular weight is 567 g/mol. The molecule has 6 rings (SSSR count). The monoisotopic (exact) mass is 566 g/mol. The molecule has 11 heteroatoms. The Balaban J connectivity index is 1.05. The highest BCUT2D eigenvalue weighted by Crippen LogP contribution is 2.47. The Labute approximate surface area is 235 Å². The smallest absolute Gasteiger partial charge is 0.339 e. The Morgan fingerprint density at radius 3 is 2.75 bits per heavy atom. The summed E-state index contributed by atoms with van der Waals surface area (Å²) in [5, 5.41) is 0.312. The molecule has 40 heavy (non-hydrogen) atoms. The number of aromatic nitrogens is 2. The lowest BCUT2D eigenvalue weighted by atomic mass is 10.2. The van der Waals surface area contributed by atoms with Gasteiger partial charge in [-0.3, -0.25) is 4.90 Å². The number of esters is 1. The highest BCUT2D eigenvalue weighted by Gasteiger charge is 2.32. The van der Waals surface area contributed by atoms with Crippen LogP contribution in [-0.2, 0) is 16.0 Å². The Bertz CT molecular complexity index is 1540. The zero-order chi connectivity index (χ0) is 27.6. The minimum atomic E-state index is -0.882. The molecule has 9 nitrogen and oxygen atoms in total. The molecule has 2 aliphatic rings. The first-order valence-corrected chi connectivity index (χ1v) is 13.4. The number of carbonyl (C=O) groups is 1. The summed E-state index contributed by atoms with van der Waals surface area (Å²) in [6.45, 7) is 4.17. The van der Waals surface area contributed by atoms with Gasteiger partial charge in [-0.15, -0.1) is 0 Å². The predicted molar refractivity (Wildman–Crippen MR) is 148 cm³/mol. The molecule has 0 aliphatic carbocycles. The number of piperazine rings is 1. The van der Waals surface area contributed by atoms with Crippen LogP contribution >= 0.6 is 11.6 Å². The quantitative estimate of drug-likeness (QED) is 0.279. The van der Waals surface area contributed by atoms with Crippen LogP contribution < -0.4 is 14.4 Å². The number of ether oxygens (including phenoxy) is 4. The highest BCUT2D eigenvalue weighted by molar-refractivity contribution is 6.30. The summed E-state index contributed by atoms with van der Waals surface area (Å²) in [7, 11) is 1.65. The van der Waals surface area contributed by atoms with Crippen LogP contribution in [-0.4, -0.2) is 67.0 Å². The van der Waals surface area contributed by atoms with Crippen LogP contribution in [0.4, 0.5) is 10.1 Å². The molecular weight excluding hydrogens is 539 g/mol. The van der Waals surface area contributed by atoms with Crippen molar-refractivity contribution in [3.8, 4) is 11.5 Å². The molecule has 1 fully saturated rings. The first kappa shape index (κ1) is 26.4. The van der Waals surface area contributed by atoms with Crippen LogP contribution in [0, 0.1) is 5.82 Å². The number of imidazole rings is 1. The predicted octanol–water partition coefficient (Wildman–Crippen LogP) is 4.88. The molecule has 0 bridgehead atoms. The number of nitrogens with zero attached hydrogens (tertiary/aromatic N) is 4. The van der Waals surface area contributed by atoms with Gasteiger partial charge >= 0.3 is 5.97 Å². The van der Waals surface area contributed by atoms with Crippen molar-refractivity contribution in [3.05, 3.63) is 82.9 Å². The third-order valence-electron chi connectivity index (χ3n) is 7.12. The number of halogens is 2. The van der Waals surface area contributed by atoms with Gasteiger partial charge in [-0.05, 0) is 48.5 Å². The molecule has 1 unspecified atom stereocenters. The molecule has 4 aromatic rings. The number of anilines is 1. The largest absolute Gasteiger partial charge is 0.446 e. The van der Waals surface area contributed by atoms with E-state index in [9.17, 15) is 9.18 Å². The minimum Gasteiger partial charge on any atom is -0.446 e. The normalized spacial score (nSPS) is 17.0. The van der Waals surface area contributed by atoms with Gasteiger partial charge in [-0.2, -0.15) is 0 Å². The van der Waals surface area contributed by atoms with E-state index in [0.29, 0.717) is 61.4 Å². The Morgan fingerprint density at radius 2 is 1.95 bits per heavy atom. The Hall–Kier alpha value is -3.86. The van der Waals surface area contributed by atoms with E-state index in [1.807, 2.05) is 28.8 Å². The number of para-hydroxylation sites is 1. The van der Waals surface area contributed by atoms with Crippen LogP contribution in [0.2, 0.25) is 5.02 Å². The molecule has 0 spiro atoms. The van der Waals surface area contributed by atoms with Gasteiger partial charge in [0.15, 0.2) is 11.5 Å². The van der Waals surface area contributed by atoms with Crippen LogP contribution in [0.1, 0.15) is 22.2 Å². The van der Waals surface area contributed by atoms with E-state index in [0.717, 1.165) is 16.7 Å². The fourth-order valence-corrected chi connectivity index (χ4v) is 5.09. The molecule has 208 valence electrons. The van der Waals surface area contributed by atoms with Crippen molar-refractivity contribution in [1.29, 1.82) is 0 Å². The Kier molecular flexibility index (Phi) is 7.46. The second-order valence-corrected chi connectivity index (χ2v) is 10.1. The van der Waals surface area contributed by atoms with Crippen molar-refractivity contribution in [2.45, 2.75) is 12.8 Å². The van der Waals surface area contributed by atoms with E-state index in [1.165, 1.54) is 6.07 Å².